The number of nitrogens with zero attached hydrogens (tertiary/aromatic N) is 2. The molecule has 0 radical (unpaired) electrons. The summed E-state index contributed by atoms with van der Waals surface area (Å²) in [6.45, 7) is 9.56. The number of rotatable bonds is 6. The summed E-state index contributed by atoms with van der Waals surface area (Å²) in [5.41, 5.74) is -0.566. The molecule has 0 aromatic heterocycles. The van der Waals surface area contributed by atoms with E-state index in [0.717, 1.165) is 5.06 Å². The quantitative estimate of drug-likeness (QED) is 0.546. The van der Waals surface area contributed by atoms with Crippen LogP contribution in [0.5, 0.6) is 0 Å². The molecule has 19 heavy (non-hydrogen) atoms. The van der Waals surface area contributed by atoms with Crippen LogP contribution in [-0.2, 0) is 14.4 Å². The Morgan fingerprint density at radius 1 is 1.32 bits per heavy atom. The van der Waals surface area contributed by atoms with E-state index >= 15 is 0 Å². The fourth-order valence-corrected chi connectivity index (χ4v) is 1.23. The molecule has 0 saturated carbocycles. The number of amides is 2. The minimum atomic E-state index is -0.566. The van der Waals surface area contributed by atoms with Gasteiger partial charge in [-0.3, -0.25) is 9.63 Å². The molecule has 0 spiro atoms. The van der Waals surface area contributed by atoms with Crippen LogP contribution in [0, 0.1) is 0 Å². The predicted molar refractivity (Wildman–Crippen MR) is 72.4 cm³/mol. The van der Waals surface area contributed by atoms with Gasteiger partial charge in [-0.25, -0.2) is 9.86 Å². The van der Waals surface area contributed by atoms with E-state index in [4.69, 9.17) is 9.57 Å². The Hall–Kier alpha value is -1.56. The lowest BCUT2D eigenvalue weighted by Crippen LogP contribution is -2.39. The highest BCUT2D eigenvalue weighted by atomic mass is 16.7. The number of carbonyl (C=O) groups excluding carboxylic acids is 2. The highest BCUT2D eigenvalue weighted by Gasteiger charge is 2.22. The zero-order valence-corrected chi connectivity index (χ0v) is 12.4. The maximum atomic E-state index is 11.9. The Morgan fingerprint density at radius 2 is 1.89 bits per heavy atom. The lowest BCUT2D eigenvalue weighted by atomic mass is 10.2. The molecule has 0 N–H and O–H groups in total. The van der Waals surface area contributed by atoms with Gasteiger partial charge in [-0.2, -0.15) is 0 Å². The van der Waals surface area contributed by atoms with Crippen LogP contribution < -0.4 is 0 Å². The Morgan fingerprint density at radius 3 is 2.32 bits per heavy atom. The summed E-state index contributed by atoms with van der Waals surface area (Å²) in [4.78, 5) is 29.7. The molecule has 0 bridgehead atoms. The van der Waals surface area contributed by atoms with Crippen molar-refractivity contribution in [3.63, 3.8) is 0 Å². The van der Waals surface area contributed by atoms with Gasteiger partial charge in [-0.1, -0.05) is 6.08 Å². The first-order valence-corrected chi connectivity index (χ1v) is 6.10. The van der Waals surface area contributed by atoms with E-state index in [-0.39, 0.29) is 18.9 Å². The van der Waals surface area contributed by atoms with Crippen molar-refractivity contribution in [2.75, 3.05) is 27.2 Å². The summed E-state index contributed by atoms with van der Waals surface area (Å²) in [5, 5.41) is 1.13. The molecular weight excluding hydrogens is 248 g/mol. The number of hydrogen-bond acceptors (Lipinski definition) is 4. The zero-order chi connectivity index (χ0) is 15.1. The Kier molecular flexibility index (Phi) is 7.14. The largest absolute Gasteiger partial charge is 0.444 e. The minimum Gasteiger partial charge on any atom is -0.444 e. The van der Waals surface area contributed by atoms with Gasteiger partial charge in [0.25, 0.3) is 0 Å². The van der Waals surface area contributed by atoms with Crippen LogP contribution in [0.1, 0.15) is 27.2 Å². The molecular formula is C13H24N2O4. The Bertz CT molecular complexity index is 323. The summed E-state index contributed by atoms with van der Waals surface area (Å²) in [6, 6.07) is 0. The van der Waals surface area contributed by atoms with Gasteiger partial charge in [0.15, 0.2) is 0 Å². The maximum Gasteiger partial charge on any atom is 0.410 e. The molecule has 0 rings (SSSR count). The lowest BCUT2D eigenvalue weighted by Gasteiger charge is -2.26. The number of ether oxygens (including phenoxy) is 1. The van der Waals surface area contributed by atoms with Crippen molar-refractivity contribution in [2.45, 2.75) is 32.8 Å². The topological polar surface area (TPSA) is 59.1 Å². The molecule has 0 unspecified atom stereocenters. The molecule has 110 valence electrons. The molecule has 0 heterocycles. The van der Waals surface area contributed by atoms with Gasteiger partial charge in [-0.15, -0.1) is 6.58 Å². The van der Waals surface area contributed by atoms with Gasteiger partial charge in [0, 0.05) is 26.6 Å². The monoisotopic (exact) mass is 272 g/mol. The summed E-state index contributed by atoms with van der Waals surface area (Å²) >= 11 is 0. The zero-order valence-electron chi connectivity index (χ0n) is 12.4. The highest BCUT2D eigenvalue weighted by molar-refractivity contribution is 5.76. The van der Waals surface area contributed by atoms with Crippen molar-refractivity contribution in [3.8, 4) is 0 Å². The van der Waals surface area contributed by atoms with Crippen molar-refractivity contribution >= 4 is 12.0 Å². The molecule has 6 nitrogen and oxygen atoms in total. The van der Waals surface area contributed by atoms with Crippen LogP contribution in [0.15, 0.2) is 12.7 Å². The average Bonchev–Trinajstić information content (AvgIpc) is 2.30. The van der Waals surface area contributed by atoms with E-state index < -0.39 is 11.7 Å². The second kappa shape index (κ2) is 7.78. The van der Waals surface area contributed by atoms with Crippen molar-refractivity contribution < 1.29 is 19.2 Å². The first kappa shape index (κ1) is 17.4. The molecule has 0 aliphatic heterocycles. The number of carbonyl (C=O) groups is 2. The molecule has 0 fully saturated rings. The average molecular weight is 272 g/mol. The summed E-state index contributed by atoms with van der Waals surface area (Å²) in [6.07, 6.45) is 1.30. The summed E-state index contributed by atoms with van der Waals surface area (Å²) in [7, 11) is 2.93. The van der Waals surface area contributed by atoms with Crippen LogP contribution in [0.2, 0.25) is 0 Å². The van der Waals surface area contributed by atoms with Crippen molar-refractivity contribution in [1.82, 2.24) is 9.96 Å². The van der Waals surface area contributed by atoms with Crippen LogP contribution in [0.4, 0.5) is 4.79 Å². The second-order valence-electron chi connectivity index (χ2n) is 5.04. The van der Waals surface area contributed by atoms with Crippen molar-refractivity contribution in [1.29, 1.82) is 0 Å². The lowest BCUT2D eigenvalue weighted by molar-refractivity contribution is -0.168. The van der Waals surface area contributed by atoms with Crippen LogP contribution in [0.25, 0.3) is 0 Å². The van der Waals surface area contributed by atoms with Crippen molar-refractivity contribution in [2.24, 2.45) is 0 Å². The Balaban J connectivity index is 4.45. The maximum absolute atomic E-state index is 11.9. The van der Waals surface area contributed by atoms with Crippen molar-refractivity contribution in [3.05, 3.63) is 12.7 Å². The third kappa shape index (κ3) is 7.46. The SMILES string of the molecule is C=CCN(CCC(=O)N(C)OC)C(=O)OC(C)(C)C. The standard InChI is InChI=1S/C13H24N2O4/c1-7-9-15(12(17)19-13(2,3)4)10-8-11(16)14(5)18-6/h7H,1,8-10H2,2-6H3. The third-order valence-electron chi connectivity index (χ3n) is 2.22. The first-order valence-electron chi connectivity index (χ1n) is 6.10. The number of hydroxylamine groups is 2. The fourth-order valence-electron chi connectivity index (χ4n) is 1.23. The second-order valence-corrected chi connectivity index (χ2v) is 5.04. The molecule has 0 aliphatic carbocycles. The Labute approximate surface area is 114 Å². The van der Waals surface area contributed by atoms with E-state index in [1.807, 2.05) is 0 Å². The smallest absolute Gasteiger partial charge is 0.410 e. The number of hydrogen-bond donors (Lipinski definition) is 0. The summed E-state index contributed by atoms with van der Waals surface area (Å²) in [5.74, 6) is -0.208. The van der Waals surface area contributed by atoms with Gasteiger partial charge in [0.2, 0.25) is 5.91 Å². The molecule has 0 aromatic carbocycles. The van der Waals surface area contributed by atoms with Gasteiger partial charge < -0.3 is 9.64 Å². The van der Waals surface area contributed by atoms with E-state index in [1.165, 1.54) is 19.1 Å². The van der Waals surface area contributed by atoms with E-state index in [1.54, 1.807) is 26.8 Å². The molecule has 0 aliphatic rings. The molecule has 0 saturated heterocycles. The normalized spacial score (nSPS) is 10.8. The van der Waals surface area contributed by atoms with Gasteiger partial charge in [-0.05, 0) is 20.8 Å². The molecule has 0 aromatic rings. The highest BCUT2D eigenvalue weighted by Crippen LogP contribution is 2.10. The first-order chi connectivity index (χ1) is 8.71. The van der Waals surface area contributed by atoms with Gasteiger partial charge in [0.05, 0.1) is 7.11 Å². The van der Waals surface area contributed by atoms with E-state index in [2.05, 4.69) is 6.58 Å². The minimum absolute atomic E-state index is 0.164. The summed E-state index contributed by atoms with van der Waals surface area (Å²) < 4.78 is 5.25. The predicted octanol–water partition coefficient (Wildman–Crippen LogP) is 1.82. The molecule has 0 atom stereocenters. The van der Waals surface area contributed by atoms with Gasteiger partial charge in [0.1, 0.15) is 5.60 Å². The molecule has 2 amide bonds. The fraction of sp³-hybridized carbons (Fsp3) is 0.692. The van der Waals surface area contributed by atoms with Crippen LogP contribution in [0.3, 0.4) is 0 Å². The van der Waals surface area contributed by atoms with E-state index in [9.17, 15) is 9.59 Å². The van der Waals surface area contributed by atoms with Crippen LogP contribution >= 0.6 is 0 Å². The van der Waals surface area contributed by atoms with Crippen LogP contribution in [-0.4, -0.2) is 54.8 Å². The van der Waals surface area contributed by atoms with E-state index in [0.29, 0.717) is 6.54 Å². The van der Waals surface area contributed by atoms with Gasteiger partial charge >= 0.3 is 6.09 Å². The third-order valence-corrected chi connectivity index (χ3v) is 2.22. The molecule has 6 heteroatoms.